The Hall–Kier alpha value is -1.26. The summed E-state index contributed by atoms with van der Waals surface area (Å²) in [5.41, 5.74) is 1.05. The lowest BCUT2D eigenvalue weighted by atomic mass is 10.00. The fourth-order valence-corrected chi connectivity index (χ4v) is 2.42. The van der Waals surface area contributed by atoms with Crippen molar-refractivity contribution in [3.63, 3.8) is 0 Å². The summed E-state index contributed by atoms with van der Waals surface area (Å²) in [5, 5.41) is 0. The van der Waals surface area contributed by atoms with Gasteiger partial charge in [0.15, 0.2) is 5.78 Å². The highest BCUT2D eigenvalue weighted by Crippen LogP contribution is 2.15. The number of hydrogen-bond acceptors (Lipinski definition) is 3. The average Bonchev–Trinajstić information content (AvgIpc) is 2.37. The zero-order chi connectivity index (χ0) is 14.0. The molecular formula is C15H21FN2O. The molecule has 3 nitrogen and oxygen atoms in total. The van der Waals surface area contributed by atoms with Gasteiger partial charge in [0.25, 0.3) is 0 Å². The number of benzene rings is 1. The molecule has 1 aromatic rings. The third-order valence-corrected chi connectivity index (χ3v) is 3.90. The van der Waals surface area contributed by atoms with Gasteiger partial charge in [0, 0.05) is 37.7 Å². The minimum Gasteiger partial charge on any atom is -0.304 e. The fourth-order valence-electron chi connectivity index (χ4n) is 2.42. The third-order valence-electron chi connectivity index (χ3n) is 3.90. The lowest BCUT2D eigenvalue weighted by Crippen LogP contribution is -2.50. The van der Waals surface area contributed by atoms with Gasteiger partial charge in [-0.25, -0.2) is 4.39 Å². The van der Waals surface area contributed by atoms with Gasteiger partial charge in [0.05, 0.1) is 0 Å². The first-order valence-electron chi connectivity index (χ1n) is 6.65. The highest BCUT2D eigenvalue weighted by Gasteiger charge is 2.25. The predicted molar refractivity (Wildman–Crippen MR) is 74.0 cm³/mol. The van der Waals surface area contributed by atoms with Crippen LogP contribution in [0.3, 0.4) is 0 Å². The summed E-state index contributed by atoms with van der Waals surface area (Å²) in [4.78, 5) is 16.7. The zero-order valence-corrected chi connectivity index (χ0v) is 11.8. The molecule has 0 aromatic heterocycles. The van der Waals surface area contributed by atoms with Gasteiger partial charge in [-0.15, -0.1) is 0 Å². The van der Waals surface area contributed by atoms with Crippen LogP contribution < -0.4 is 0 Å². The monoisotopic (exact) mass is 264 g/mol. The Morgan fingerprint density at radius 2 is 2.11 bits per heavy atom. The Morgan fingerprint density at radius 3 is 2.79 bits per heavy atom. The van der Waals surface area contributed by atoms with Crippen molar-refractivity contribution in [2.45, 2.75) is 19.4 Å². The van der Waals surface area contributed by atoms with E-state index in [1.807, 2.05) is 7.05 Å². The van der Waals surface area contributed by atoms with E-state index in [2.05, 4.69) is 16.8 Å². The number of aryl methyl sites for hydroxylation is 1. The molecule has 104 valence electrons. The van der Waals surface area contributed by atoms with Gasteiger partial charge in [0.2, 0.25) is 0 Å². The van der Waals surface area contributed by atoms with Crippen LogP contribution in [0.5, 0.6) is 0 Å². The van der Waals surface area contributed by atoms with Gasteiger partial charge in [-0.05, 0) is 32.6 Å². The summed E-state index contributed by atoms with van der Waals surface area (Å²) < 4.78 is 13.5. The molecule has 0 N–H and O–H groups in total. The molecule has 1 aliphatic heterocycles. The van der Waals surface area contributed by atoms with E-state index in [-0.39, 0.29) is 17.6 Å². The van der Waals surface area contributed by atoms with E-state index in [0.29, 0.717) is 17.5 Å². The van der Waals surface area contributed by atoms with E-state index < -0.39 is 0 Å². The summed E-state index contributed by atoms with van der Waals surface area (Å²) >= 11 is 0. The molecule has 1 fully saturated rings. The van der Waals surface area contributed by atoms with Gasteiger partial charge < -0.3 is 9.80 Å². The van der Waals surface area contributed by atoms with Crippen molar-refractivity contribution in [3.05, 3.63) is 35.1 Å². The summed E-state index contributed by atoms with van der Waals surface area (Å²) in [6, 6.07) is 4.95. The standard InChI is InChI=1S/C15H21FN2O/c1-11-4-5-12(8-14(11)16)15(19)9-13-10-17(2)6-7-18(13)3/h4-5,8,13H,6-7,9-10H2,1-3H3. The second-order valence-corrected chi connectivity index (χ2v) is 5.49. The van der Waals surface area contributed by atoms with Crippen LogP contribution in [0.25, 0.3) is 0 Å². The van der Waals surface area contributed by atoms with E-state index in [1.165, 1.54) is 6.07 Å². The van der Waals surface area contributed by atoms with Crippen LogP contribution in [-0.2, 0) is 0 Å². The Labute approximate surface area is 114 Å². The molecule has 0 aliphatic carbocycles. The third kappa shape index (κ3) is 3.39. The first-order valence-corrected chi connectivity index (χ1v) is 6.65. The second kappa shape index (κ2) is 5.80. The maximum Gasteiger partial charge on any atom is 0.164 e. The zero-order valence-electron chi connectivity index (χ0n) is 11.8. The highest BCUT2D eigenvalue weighted by atomic mass is 19.1. The molecule has 1 saturated heterocycles. The van der Waals surface area contributed by atoms with Crippen molar-refractivity contribution < 1.29 is 9.18 Å². The largest absolute Gasteiger partial charge is 0.304 e. The maximum absolute atomic E-state index is 13.5. The minimum absolute atomic E-state index is 0.0195. The van der Waals surface area contributed by atoms with Crippen molar-refractivity contribution in [2.75, 3.05) is 33.7 Å². The van der Waals surface area contributed by atoms with Crippen molar-refractivity contribution in [1.82, 2.24) is 9.80 Å². The summed E-state index contributed by atoms with van der Waals surface area (Å²) in [7, 11) is 4.11. The first-order chi connectivity index (χ1) is 8.97. The lowest BCUT2D eigenvalue weighted by Gasteiger charge is -2.37. The Morgan fingerprint density at radius 1 is 1.37 bits per heavy atom. The van der Waals surface area contributed by atoms with Crippen LogP contribution >= 0.6 is 0 Å². The van der Waals surface area contributed by atoms with E-state index >= 15 is 0 Å². The van der Waals surface area contributed by atoms with Crippen molar-refractivity contribution >= 4 is 5.78 Å². The van der Waals surface area contributed by atoms with Crippen LogP contribution in [0, 0.1) is 12.7 Å². The first kappa shape index (κ1) is 14.2. The van der Waals surface area contributed by atoms with Gasteiger partial charge >= 0.3 is 0 Å². The highest BCUT2D eigenvalue weighted by molar-refractivity contribution is 5.96. The van der Waals surface area contributed by atoms with Crippen molar-refractivity contribution in [3.8, 4) is 0 Å². The summed E-state index contributed by atoms with van der Waals surface area (Å²) in [5.74, 6) is -0.286. The molecule has 0 radical (unpaired) electrons. The number of nitrogens with zero attached hydrogens (tertiary/aromatic N) is 2. The molecule has 1 aliphatic rings. The van der Waals surface area contributed by atoms with Crippen LogP contribution in [0.2, 0.25) is 0 Å². The number of carbonyl (C=O) groups excluding carboxylic acids is 1. The molecule has 1 aromatic carbocycles. The molecular weight excluding hydrogens is 243 g/mol. The molecule has 0 amide bonds. The molecule has 4 heteroatoms. The minimum atomic E-state index is -0.306. The molecule has 19 heavy (non-hydrogen) atoms. The van der Waals surface area contributed by atoms with Gasteiger partial charge in [-0.2, -0.15) is 0 Å². The normalized spacial score (nSPS) is 21.6. The Kier molecular flexibility index (Phi) is 4.32. The second-order valence-electron chi connectivity index (χ2n) is 5.49. The van der Waals surface area contributed by atoms with E-state index in [9.17, 15) is 9.18 Å². The van der Waals surface area contributed by atoms with Gasteiger partial charge in [-0.3, -0.25) is 4.79 Å². The van der Waals surface area contributed by atoms with Crippen LogP contribution in [-0.4, -0.2) is 55.4 Å². The van der Waals surface area contributed by atoms with Gasteiger partial charge in [0.1, 0.15) is 5.82 Å². The quantitative estimate of drug-likeness (QED) is 0.780. The number of ketones is 1. The number of likely N-dealkylation sites (N-methyl/N-ethyl adjacent to an activating group) is 2. The topological polar surface area (TPSA) is 23.6 Å². The van der Waals surface area contributed by atoms with E-state index in [4.69, 9.17) is 0 Å². The molecule has 1 unspecified atom stereocenters. The molecule has 0 bridgehead atoms. The molecule has 2 rings (SSSR count). The number of carbonyl (C=O) groups is 1. The average molecular weight is 264 g/mol. The number of piperazine rings is 1. The number of rotatable bonds is 3. The Balaban J connectivity index is 2.05. The number of Topliss-reactive ketones (excluding diaryl/α,β-unsaturated/α-hetero) is 1. The van der Waals surface area contributed by atoms with Crippen molar-refractivity contribution in [2.24, 2.45) is 0 Å². The SMILES string of the molecule is Cc1ccc(C(=O)CC2CN(C)CCN2C)cc1F. The van der Waals surface area contributed by atoms with E-state index in [1.54, 1.807) is 19.1 Å². The van der Waals surface area contributed by atoms with Crippen LogP contribution in [0.1, 0.15) is 22.3 Å². The molecule has 1 heterocycles. The molecule has 0 spiro atoms. The lowest BCUT2D eigenvalue weighted by molar-refractivity contribution is 0.0809. The Bertz CT molecular complexity index is 475. The van der Waals surface area contributed by atoms with Crippen LogP contribution in [0.15, 0.2) is 18.2 Å². The maximum atomic E-state index is 13.5. The predicted octanol–water partition coefficient (Wildman–Crippen LogP) is 1.95. The summed E-state index contributed by atoms with van der Waals surface area (Å²) in [6.07, 6.45) is 0.448. The van der Waals surface area contributed by atoms with Gasteiger partial charge in [-0.1, -0.05) is 12.1 Å². The van der Waals surface area contributed by atoms with Crippen LogP contribution in [0.4, 0.5) is 4.39 Å². The fraction of sp³-hybridized carbons (Fsp3) is 0.533. The molecule has 1 atom stereocenters. The number of hydrogen-bond donors (Lipinski definition) is 0. The molecule has 0 saturated carbocycles. The van der Waals surface area contributed by atoms with E-state index in [0.717, 1.165) is 19.6 Å². The smallest absolute Gasteiger partial charge is 0.164 e. The van der Waals surface area contributed by atoms with Crippen molar-refractivity contribution in [1.29, 1.82) is 0 Å². The number of halogens is 1. The summed E-state index contributed by atoms with van der Waals surface area (Å²) in [6.45, 7) is 4.58.